The van der Waals surface area contributed by atoms with Crippen molar-refractivity contribution in [3.05, 3.63) is 0 Å². The Hall–Kier alpha value is -1.10. The number of nitrogens with two attached hydrogens (primary N) is 1. The van der Waals surface area contributed by atoms with Crippen LogP contribution in [0.1, 0.15) is 46.5 Å². The van der Waals surface area contributed by atoms with Crippen LogP contribution in [-0.4, -0.2) is 40.5 Å². The van der Waals surface area contributed by atoms with E-state index in [0.29, 0.717) is 13.0 Å². The van der Waals surface area contributed by atoms with E-state index >= 15 is 0 Å². The minimum absolute atomic E-state index is 0.0803. The zero-order chi connectivity index (χ0) is 13.9. The van der Waals surface area contributed by atoms with Crippen molar-refractivity contribution in [3.8, 4) is 0 Å². The SMILES string of the molecule is CC(C)(C)CC(N)CC(=O)N1CCC[C@@H]1C(=O)O. The van der Waals surface area contributed by atoms with Crippen molar-refractivity contribution in [2.24, 2.45) is 11.1 Å². The molecule has 1 amide bonds. The Morgan fingerprint density at radius 1 is 1.44 bits per heavy atom. The molecule has 3 N–H and O–H groups in total. The van der Waals surface area contributed by atoms with Gasteiger partial charge in [0.05, 0.1) is 0 Å². The van der Waals surface area contributed by atoms with Gasteiger partial charge in [0.1, 0.15) is 6.04 Å². The van der Waals surface area contributed by atoms with Gasteiger partial charge in [-0.05, 0) is 24.7 Å². The van der Waals surface area contributed by atoms with Gasteiger partial charge in [0.2, 0.25) is 5.91 Å². The van der Waals surface area contributed by atoms with E-state index < -0.39 is 12.0 Å². The van der Waals surface area contributed by atoms with Gasteiger partial charge in [0.25, 0.3) is 0 Å². The van der Waals surface area contributed by atoms with E-state index in [1.165, 1.54) is 4.90 Å². The third-order valence-corrected chi connectivity index (χ3v) is 3.17. The summed E-state index contributed by atoms with van der Waals surface area (Å²) < 4.78 is 0. The fourth-order valence-electron chi connectivity index (χ4n) is 2.52. The number of carboxylic acids is 1. The quantitative estimate of drug-likeness (QED) is 0.792. The fourth-order valence-corrected chi connectivity index (χ4v) is 2.52. The van der Waals surface area contributed by atoms with E-state index in [1.54, 1.807) is 0 Å². The predicted octanol–water partition coefficient (Wildman–Crippen LogP) is 1.22. The number of aliphatic carboxylic acids is 1. The van der Waals surface area contributed by atoms with Gasteiger partial charge >= 0.3 is 5.97 Å². The summed E-state index contributed by atoms with van der Waals surface area (Å²) in [6.45, 7) is 6.77. The monoisotopic (exact) mass is 256 g/mol. The molecule has 104 valence electrons. The third-order valence-electron chi connectivity index (χ3n) is 3.17. The summed E-state index contributed by atoms with van der Waals surface area (Å²) in [5.74, 6) is -1.04. The number of carbonyl (C=O) groups is 2. The van der Waals surface area contributed by atoms with E-state index in [-0.39, 0.29) is 23.8 Å². The number of carbonyl (C=O) groups excluding carboxylic acids is 1. The summed E-state index contributed by atoms with van der Waals surface area (Å²) in [5.41, 5.74) is 6.04. The highest BCUT2D eigenvalue weighted by Gasteiger charge is 2.34. The highest BCUT2D eigenvalue weighted by molar-refractivity contribution is 5.84. The second kappa shape index (κ2) is 5.69. The predicted molar refractivity (Wildman–Crippen MR) is 69.0 cm³/mol. The molecule has 0 saturated carbocycles. The molecule has 5 heteroatoms. The summed E-state index contributed by atoms with van der Waals surface area (Å²) in [5, 5.41) is 9.03. The van der Waals surface area contributed by atoms with Crippen molar-refractivity contribution in [3.63, 3.8) is 0 Å². The maximum atomic E-state index is 12.0. The maximum absolute atomic E-state index is 12.0. The van der Waals surface area contributed by atoms with Crippen LogP contribution in [0, 0.1) is 5.41 Å². The van der Waals surface area contributed by atoms with Crippen molar-refractivity contribution in [2.75, 3.05) is 6.54 Å². The molecule has 0 aromatic heterocycles. The molecule has 0 spiro atoms. The van der Waals surface area contributed by atoms with Crippen LogP contribution in [0.3, 0.4) is 0 Å². The molecule has 1 saturated heterocycles. The average molecular weight is 256 g/mol. The van der Waals surface area contributed by atoms with Gasteiger partial charge in [-0.3, -0.25) is 4.79 Å². The van der Waals surface area contributed by atoms with Gasteiger partial charge in [-0.25, -0.2) is 4.79 Å². The van der Waals surface area contributed by atoms with Crippen LogP contribution in [0.4, 0.5) is 0 Å². The molecular weight excluding hydrogens is 232 g/mol. The van der Waals surface area contributed by atoms with E-state index in [0.717, 1.165) is 12.8 Å². The Balaban J connectivity index is 2.52. The molecule has 0 radical (unpaired) electrons. The lowest BCUT2D eigenvalue weighted by Crippen LogP contribution is -2.43. The first-order chi connectivity index (χ1) is 8.20. The molecule has 5 nitrogen and oxygen atoms in total. The number of hydrogen-bond donors (Lipinski definition) is 2. The zero-order valence-electron chi connectivity index (χ0n) is 11.5. The van der Waals surface area contributed by atoms with Crippen LogP contribution in [0.15, 0.2) is 0 Å². The zero-order valence-corrected chi connectivity index (χ0v) is 11.5. The molecule has 0 aromatic rings. The maximum Gasteiger partial charge on any atom is 0.326 e. The van der Waals surface area contributed by atoms with E-state index in [4.69, 9.17) is 10.8 Å². The van der Waals surface area contributed by atoms with Crippen molar-refractivity contribution >= 4 is 11.9 Å². The molecular formula is C13H24N2O3. The largest absolute Gasteiger partial charge is 0.480 e. The fraction of sp³-hybridized carbons (Fsp3) is 0.846. The van der Waals surface area contributed by atoms with Crippen molar-refractivity contribution in [1.29, 1.82) is 0 Å². The lowest BCUT2D eigenvalue weighted by Gasteiger charge is -2.26. The Bertz CT molecular complexity index is 323. The Kier molecular flexibility index (Phi) is 4.73. The van der Waals surface area contributed by atoms with Crippen LogP contribution in [0.25, 0.3) is 0 Å². The first-order valence-corrected chi connectivity index (χ1v) is 6.48. The number of hydrogen-bond acceptors (Lipinski definition) is 3. The number of carboxylic acid groups (broad SMARTS) is 1. The molecule has 1 fully saturated rings. The van der Waals surface area contributed by atoms with Gasteiger partial charge in [0, 0.05) is 19.0 Å². The summed E-state index contributed by atoms with van der Waals surface area (Å²) >= 11 is 0. The summed E-state index contributed by atoms with van der Waals surface area (Å²) in [7, 11) is 0. The topological polar surface area (TPSA) is 83.6 Å². The van der Waals surface area contributed by atoms with E-state index in [9.17, 15) is 9.59 Å². The Labute approximate surface area is 108 Å². The molecule has 2 atom stereocenters. The molecule has 0 bridgehead atoms. The molecule has 1 aliphatic heterocycles. The summed E-state index contributed by atoms with van der Waals surface area (Å²) in [6, 6.07) is -0.855. The van der Waals surface area contributed by atoms with Crippen LogP contribution in [0.2, 0.25) is 0 Å². The number of rotatable bonds is 4. The van der Waals surface area contributed by atoms with Crippen LogP contribution >= 0.6 is 0 Å². The van der Waals surface area contributed by atoms with Gasteiger partial charge < -0.3 is 15.7 Å². The Morgan fingerprint density at radius 2 is 2.06 bits per heavy atom. The van der Waals surface area contributed by atoms with Gasteiger partial charge in [-0.1, -0.05) is 20.8 Å². The summed E-state index contributed by atoms with van der Waals surface area (Å²) in [6.07, 6.45) is 2.30. The highest BCUT2D eigenvalue weighted by atomic mass is 16.4. The van der Waals surface area contributed by atoms with E-state index in [1.807, 2.05) is 0 Å². The molecule has 18 heavy (non-hydrogen) atoms. The normalized spacial score (nSPS) is 22.0. The second-order valence-corrected chi connectivity index (χ2v) is 6.31. The van der Waals surface area contributed by atoms with E-state index in [2.05, 4.69) is 20.8 Å². The molecule has 1 heterocycles. The van der Waals surface area contributed by atoms with Crippen molar-refractivity contribution < 1.29 is 14.7 Å². The molecule has 1 unspecified atom stereocenters. The molecule has 1 aliphatic rings. The van der Waals surface area contributed by atoms with Crippen LogP contribution < -0.4 is 5.73 Å². The average Bonchev–Trinajstić information content (AvgIpc) is 2.61. The second-order valence-electron chi connectivity index (χ2n) is 6.31. The number of likely N-dealkylation sites (tertiary alicyclic amines) is 1. The third kappa shape index (κ3) is 4.29. The number of nitrogens with zero attached hydrogens (tertiary/aromatic N) is 1. The standard InChI is InChI=1S/C13H24N2O3/c1-13(2,3)8-9(14)7-11(16)15-6-4-5-10(15)12(17)18/h9-10H,4-8,14H2,1-3H3,(H,17,18)/t9?,10-/m1/s1. The Morgan fingerprint density at radius 3 is 2.56 bits per heavy atom. The molecule has 1 rings (SSSR count). The van der Waals surface area contributed by atoms with Crippen molar-refractivity contribution in [2.45, 2.75) is 58.5 Å². The lowest BCUT2D eigenvalue weighted by atomic mass is 9.87. The first kappa shape index (κ1) is 15.0. The van der Waals surface area contributed by atoms with Crippen molar-refractivity contribution in [1.82, 2.24) is 4.90 Å². The molecule has 0 aliphatic carbocycles. The highest BCUT2D eigenvalue weighted by Crippen LogP contribution is 2.23. The number of amides is 1. The summed E-state index contributed by atoms with van der Waals surface area (Å²) in [4.78, 5) is 24.5. The van der Waals surface area contributed by atoms with Gasteiger partial charge in [-0.15, -0.1) is 0 Å². The van der Waals surface area contributed by atoms with Crippen LogP contribution in [0.5, 0.6) is 0 Å². The van der Waals surface area contributed by atoms with Gasteiger partial charge in [-0.2, -0.15) is 0 Å². The lowest BCUT2D eigenvalue weighted by molar-refractivity contribution is -0.148. The van der Waals surface area contributed by atoms with Gasteiger partial charge in [0.15, 0.2) is 0 Å². The first-order valence-electron chi connectivity index (χ1n) is 6.48. The van der Waals surface area contributed by atoms with Crippen LogP contribution in [-0.2, 0) is 9.59 Å². The molecule has 0 aromatic carbocycles. The minimum Gasteiger partial charge on any atom is -0.480 e. The smallest absolute Gasteiger partial charge is 0.326 e. The minimum atomic E-state index is -0.912.